The van der Waals surface area contributed by atoms with Crippen molar-refractivity contribution in [3.05, 3.63) is 76.6 Å². The van der Waals surface area contributed by atoms with Crippen LogP contribution < -0.4 is 21.3 Å². The van der Waals surface area contributed by atoms with Gasteiger partial charge in [0.05, 0.1) is 12.8 Å². The highest BCUT2D eigenvalue weighted by Gasteiger charge is 2.09. The highest BCUT2D eigenvalue weighted by Crippen LogP contribution is 2.19. The van der Waals surface area contributed by atoms with Crippen LogP contribution in [0, 0.1) is 0 Å². The Morgan fingerprint density at radius 1 is 1.04 bits per heavy atom. The molecule has 0 atom stereocenters. The Kier molecular flexibility index (Phi) is 5.50. The smallest absolute Gasteiger partial charge is 0.267 e. The van der Waals surface area contributed by atoms with Crippen LogP contribution in [0.15, 0.2) is 65.5 Å². The fourth-order valence-electron chi connectivity index (χ4n) is 2.53. The molecule has 142 valence electrons. The van der Waals surface area contributed by atoms with Gasteiger partial charge in [0, 0.05) is 22.9 Å². The zero-order valence-electron chi connectivity index (χ0n) is 15.1. The van der Waals surface area contributed by atoms with E-state index in [-0.39, 0.29) is 6.54 Å². The van der Waals surface area contributed by atoms with Crippen LogP contribution in [-0.4, -0.2) is 28.7 Å². The van der Waals surface area contributed by atoms with Gasteiger partial charge in [-0.1, -0.05) is 0 Å². The standard InChI is InChI=1S/C20H18N4O4/c1-28-16-8-4-13(5-9-16)17-10-11-19(26)24(23-17)12-18(25)22-15-6-2-14(3-7-15)20(21)27/h2-11H,12H2,1H3,(H2,21,27)(H,22,25). The molecule has 0 unspecified atom stereocenters. The number of methoxy groups -OCH3 is 1. The number of nitrogens with zero attached hydrogens (tertiary/aromatic N) is 2. The number of amides is 2. The van der Waals surface area contributed by atoms with Crippen molar-refractivity contribution in [3.8, 4) is 17.0 Å². The number of hydrogen-bond acceptors (Lipinski definition) is 5. The van der Waals surface area contributed by atoms with Gasteiger partial charge in [0.1, 0.15) is 12.3 Å². The second-order valence-electron chi connectivity index (χ2n) is 5.93. The van der Waals surface area contributed by atoms with Crippen LogP contribution >= 0.6 is 0 Å². The number of aromatic nitrogens is 2. The van der Waals surface area contributed by atoms with Crippen LogP contribution in [0.25, 0.3) is 11.3 Å². The lowest BCUT2D eigenvalue weighted by Crippen LogP contribution is -2.29. The second kappa shape index (κ2) is 8.17. The molecule has 0 saturated carbocycles. The topological polar surface area (TPSA) is 116 Å². The van der Waals surface area contributed by atoms with E-state index < -0.39 is 17.4 Å². The van der Waals surface area contributed by atoms with Crippen LogP contribution in [0.3, 0.4) is 0 Å². The van der Waals surface area contributed by atoms with Crippen LogP contribution in [0.2, 0.25) is 0 Å². The largest absolute Gasteiger partial charge is 0.497 e. The van der Waals surface area contributed by atoms with Gasteiger partial charge >= 0.3 is 0 Å². The minimum atomic E-state index is -0.552. The number of carbonyl (C=O) groups is 2. The minimum Gasteiger partial charge on any atom is -0.497 e. The highest BCUT2D eigenvalue weighted by molar-refractivity contribution is 5.94. The number of benzene rings is 2. The molecule has 28 heavy (non-hydrogen) atoms. The molecule has 3 N–H and O–H groups in total. The van der Waals surface area contributed by atoms with Crippen molar-refractivity contribution in [1.29, 1.82) is 0 Å². The molecule has 0 aliphatic carbocycles. The van der Waals surface area contributed by atoms with Gasteiger partial charge < -0.3 is 15.8 Å². The third-order valence-electron chi connectivity index (χ3n) is 4.00. The van der Waals surface area contributed by atoms with E-state index in [9.17, 15) is 14.4 Å². The first-order valence-electron chi connectivity index (χ1n) is 8.38. The summed E-state index contributed by atoms with van der Waals surface area (Å²) in [5.41, 5.74) is 6.95. The predicted molar refractivity (Wildman–Crippen MR) is 104 cm³/mol. The first-order valence-corrected chi connectivity index (χ1v) is 8.38. The molecule has 2 amide bonds. The molecule has 3 rings (SSSR count). The summed E-state index contributed by atoms with van der Waals surface area (Å²) < 4.78 is 6.21. The zero-order chi connectivity index (χ0) is 20.1. The van der Waals surface area contributed by atoms with E-state index in [0.717, 1.165) is 10.2 Å². The molecule has 0 aliphatic heterocycles. The summed E-state index contributed by atoms with van der Waals surface area (Å²) in [6, 6.07) is 16.3. The lowest BCUT2D eigenvalue weighted by Gasteiger charge is -2.09. The van der Waals surface area contributed by atoms with Crippen molar-refractivity contribution in [2.24, 2.45) is 5.73 Å². The maximum Gasteiger partial charge on any atom is 0.267 e. The molecule has 0 bridgehead atoms. The quantitative estimate of drug-likeness (QED) is 0.677. The van der Waals surface area contributed by atoms with Gasteiger partial charge in [-0.05, 0) is 54.6 Å². The van der Waals surface area contributed by atoms with Gasteiger partial charge in [-0.2, -0.15) is 5.10 Å². The highest BCUT2D eigenvalue weighted by atomic mass is 16.5. The van der Waals surface area contributed by atoms with Crippen molar-refractivity contribution in [2.75, 3.05) is 12.4 Å². The maximum atomic E-state index is 12.3. The van der Waals surface area contributed by atoms with Crippen LogP contribution in [-0.2, 0) is 11.3 Å². The van der Waals surface area contributed by atoms with Crippen molar-refractivity contribution in [3.63, 3.8) is 0 Å². The van der Waals surface area contributed by atoms with Gasteiger partial charge in [-0.25, -0.2) is 4.68 Å². The number of anilines is 1. The number of primary amides is 1. The molecule has 1 aromatic heterocycles. The van der Waals surface area contributed by atoms with Crippen LogP contribution in [0.1, 0.15) is 10.4 Å². The van der Waals surface area contributed by atoms with E-state index in [1.165, 1.54) is 18.2 Å². The molecule has 0 radical (unpaired) electrons. The molecule has 0 saturated heterocycles. The normalized spacial score (nSPS) is 10.3. The lowest BCUT2D eigenvalue weighted by molar-refractivity contribution is -0.117. The van der Waals surface area contributed by atoms with Gasteiger partial charge in [0.15, 0.2) is 0 Å². The summed E-state index contributed by atoms with van der Waals surface area (Å²) in [6.45, 7) is -0.250. The third kappa shape index (κ3) is 4.42. The van der Waals surface area contributed by atoms with Gasteiger partial charge in [-0.3, -0.25) is 14.4 Å². The maximum absolute atomic E-state index is 12.3. The van der Waals surface area contributed by atoms with E-state index in [4.69, 9.17) is 10.5 Å². The molecule has 1 heterocycles. The SMILES string of the molecule is COc1ccc(-c2ccc(=O)n(CC(=O)Nc3ccc(C(N)=O)cc3)n2)cc1. The van der Waals surface area contributed by atoms with Crippen molar-refractivity contribution in [2.45, 2.75) is 6.54 Å². The average Bonchev–Trinajstić information content (AvgIpc) is 2.70. The molecule has 0 aliphatic rings. The fourth-order valence-corrected chi connectivity index (χ4v) is 2.53. The van der Waals surface area contributed by atoms with Crippen LogP contribution in [0.5, 0.6) is 5.75 Å². The monoisotopic (exact) mass is 378 g/mol. The van der Waals surface area contributed by atoms with Gasteiger partial charge in [-0.15, -0.1) is 0 Å². The molecular formula is C20H18N4O4. The molecule has 8 heteroatoms. The van der Waals surface area contributed by atoms with Crippen molar-refractivity contribution < 1.29 is 14.3 Å². The Hall–Kier alpha value is -3.94. The molecular weight excluding hydrogens is 360 g/mol. The summed E-state index contributed by atoms with van der Waals surface area (Å²) in [4.78, 5) is 35.4. The number of rotatable bonds is 6. The summed E-state index contributed by atoms with van der Waals surface area (Å²) >= 11 is 0. The Labute approximate surface area is 160 Å². The lowest BCUT2D eigenvalue weighted by atomic mass is 10.1. The fraction of sp³-hybridized carbons (Fsp3) is 0.100. The Bertz CT molecular complexity index is 1060. The van der Waals surface area contributed by atoms with E-state index in [2.05, 4.69) is 10.4 Å². The summed E-state index contributed by atoms with van der Waals surface area (Å²) in [5, 5.41) is 6.91. The first-order chi connectivity index (χ1) is 13.5. The van der Waals surface area contributed by atoms with E-state index in [0.29, 0.717) is 22.7 Å². The Morgan fingerprint density at radius 3 is 2.32 bits per heavy atom. The molecule has 0 fully saturated rings. The second-order valence-corrected chi connectivity index (χ2v) is 5.93. The van der Waals surface area contributed by atoms with Crippen molar-refractivity contribution >= 4 is 17.5 Å². The first kappa shape index (κ1) is 18.8. The molecule has 2 aromatic carbocycles. The van der Waals surface area contributed by atoms with Crippen LogP contribution in [0.4, 0.5) is 5.69 Å². The number of nitrogens with two attached hydrogens (primary N) is 1. The minimum absolute atomic E-state index is 0.250. The summed E-state index contributed by atoms with van der Waals surface area (Å²) in [6.07, 6.45) is 0. The predicted octanol–water partition coefficient (Wildman–Crippen LogP) is 1.66. The van der Waals surface area contributed by atoms with E-state index in [1.807, 2.05) is 12.1 Å². The Balaban J connectivity index is 1.74. The van der Waals surface area contributed by atoms with E-state index in [1.54, 1.807) is 37.4 Å². The van der Waals surface area contributed by atoms with Gasteiger partial charge in [0.25, 0.3) is 5.56 Å². The zero-order valence-corrected chi connectivity index (χ0v) is 15.1. The van der Waals surface area contributed by atoms with Crippen molar-refractivity contribution in [1.82, 2.24) is 9.78 Å². The molecule has 0 spiro atoms. The Morgan fingerprint density at radius 2 is 1.71 bits per heavy atom. The number of nitrogens with one attached hydrogen (secondary N) is 1. The van der Waals surface area contributed by atoms with Gasteiger partial charge in [0.2, 0.25) is 11.8 Å². The summed E-state index contributed by atoms with van der Waals surface area (Å²) in [7, 11) is 1.58. The third-order valence-corrected chi connectivity index (χ3v) is 4.00. The molecule has 3 aromatic rings. The average molecular weight is 378 g/mol. The number of ether oxygens (including phenoxy) is 1. The van der Waals surface area contributed by atoms with E-state index >= 15 is 0 Å². The number of carbonyl (C=O) groups excluding carboxylic acids is 2. The summed E-state index contributed by atoms with van der Waals surface area (Å²) in [5.74, 6) is -0.268. The molecule has 8 nitrogen and oxygen atoms in total. The number of hydrogen-bond donors (Lipinski definition) is 2.